The Morgan fingerprint density at radius 2 is 1.69 bits per heavy atom. The van der Waals surface area contributed by atoms with E-state index in [4.69, 9.17) is 9.84 Å². The van der Waals surface area contributed by atoms with Crippen molar-refractivity contribution >= 4 is 35.2 Å². The third-order valence-corrected chi connectivity index (χ3v) is 6.66. The van der Waals surface area contributed by atoms with Gasteiger partial charge in [0.05, 0.1) is 11.6 Å². The molecule has 0 spiro atoms. The molecule has 192 valence electrons. The molecule has 4 N–H and O–H groups in total. The highest BCUT2D eigenvalue weighted by Crippen LogP contribution is 2.32. The Morgan fingerprint density at radius 3 is 2.28 bits per heavy atom. The predicted octanol–water partition coefficient (Wildman–Crippen LogP) is 3.25. The lowest BCUT2D eigenvalue weighted by atomic mass is 9.96. The number of nitrogens with one attached hydrogen (secondary N) is 2. The SMILES string of the molecule is CCc1ccc(CC)c2c1CC(NCC(O)c1ccc(OC(=O)CC(=O)O)c3[nH]c(=O)ccc13)C2.Cl. The number of aromatic amines is 1. The van der Waals surface area contributed by atoms with Gasteiger partial charge in [-0.2, -0.15) is 0 Å². The van der Waals surface area contributed by atoms with Crippen LogP contribution < -0.4 is 15.6 Å². The Balaban J connectivity index is 0.00000361. The number of carbonyl (C=O) groups excluding carboxylic acids is 1. The first-order valence-electron chi connectivity index (χ1n) is 11.9. The molecule has 1 unspecified atom stereocenters. The van der Waals surface area contributed by atoms with Crippen molar-refractivity contribution in [3.63, 3.8) is 0 Å². The van der Waals surface area contributed by atoms with Gasteiger partial charge in [0.25, 0.3) is 0 Å². The number of hydrogen-bond acceptors (Lipinski definition) is 6. The number of aryl methyl sites for hydroxylation is 2. The summed E-state index contributed by atoms with van der Waals surface area (Å²) < 4.78 is 5.16. The van der Waals surface area contributed by atoms with Gasteiger partial charge in [-0.05, 0) is 65.6 Å². The highest BCUT2D eigenvalue weighted by Gasteiger charge is 2.26. The number of aliphatic carboxylic acids is 1. The van der Waals surface area contributed by atoms with E-state index in [0.717, 1.165) is 25.7 Å². The van der Waals surface area contributed by atoms with E-state index in [9.17, 15) is 19.5 Å². The Hall–Kier alpha value is -3.20. The van der Waals surface area contributed by atoms with Crippen molar-refractivity contribution in [3.05, 3.63) is 74.6 Å². The average Bonchev–Trinajstić information content (AvgIpc) is 3.26. The van der Waals surface area contributed by atoms with Crippen LogP contribution in [-0.2, 0) is 35.3 Å². The number of fused-ring (bicyclic) bond motifs is 2. The van der Waals surface area contributed by atoms with E-state index in [1.54, 1.807) is 12.1 Å². The highest BCUT2D eigenvalue weighted by atomic mass is 35.5. The van der Waals surface area contributed by atoms with E-state index in [1.165, 1.54) is 34.4 Å². The standard InChI is InChI=1S/C27H30N2O6.ClH/c1-3-15-5-6-16(4-2)21-12-17(11-20(15)21)28-14-22(30)18-7-9-23(35-26(34)13-25(32)33)27-19(18)8-10-24(31)29-27;/h5-10,17,22,28,30H,3-4,11-14H2,1-2H3,(H,29,31)(H,32,33);1H. The summed E-state index contributed by atoms with van der Waals surface area (Å²) in [5.41, 5.74) is 6.01. The number of carboxylic acid groups (broad SMARTS) is 1. The van der Waals surface area contributed by atoms with Gasteiger partial charge in [-0.3, -0.25) is 14.4 Å². The van der Waals surface area contributed by atoms with Crippen molar-refractivity contribution in [1.29, 1.82) is 0 Å². The molecule has 0 saturated carbocycles. The molecule has 0 radical (unpaired) electrons. The van der Waals surface area contributed by atoms with E-state index < -0.39 is 30.0 Å². The third kappa shape index (κ3) is 5.78. The zero-order valence-corrected chi connectivity index (χ0v) is 21.1. The summed E-state index contributed by atoms with van der Waals surface area (Å²) in [6, 6.07) is 10.7. The molecule has 3 aromatic rings. The highest BCUT2D eigenvalue weighted by molar-refractivity contribution is 5.94. The van der Waals surface area contributed by atoms with Crippen LogP contribution >= 0.6 is 12.4 Å². The van der Waals surface area contributed by atoms with Crippen molar-refractivity contribution < 1.29 is 24.5 Å². The Morgan fingerprint density at radius 1 is 1.06 bits per heavy atom. The molecule has 0 saturated heterocycles. The van der Waals surface area contributed by atoms with Crippen LogP contribution in [0.4, 0.5) is 0 Å². The van der Waals surface area contributed by atoms with Crippen LogP contribution in [0.5, 0.6) is 5.75 Å². The fraction of sp³-hybridized carbons (Fsp3) is 0.370. The second kappa shape index (κ2) is 11.7. The van der Waals surface area contributed by atoms with Crippen molar-refractivity contribution in [2.45, 2.75) is 58.1 Å². The van der Waals surface area contributed by atoms with Crippen LogP contribution in [0.1, 0.15) is 54.2 Å². The summed E-state index contributed by atoms with van der Waals surface area (Å²) in [6.07, 6.45) is 2.17. The van der Waals surface area contributed by atoms with Gasteiger partial charge in [-0.1, -0.05) is 32.0 Å². The summed E-state index contributed by atoms with van der Waals surface area (Å²) in [7, 11) is 0. The molecule has 0 bridgehead atoms. The number of halogens is 1. The summed E-state index contributed by atoms with van der Waals surface area (Å²) >= 11 is 0. The number of aliphatic hydroxyl groups is 1. The molecule has 36 heavy (non-hydrogen) atoms. The second-order valence-electron chi connectivity index (χ2n) is 8.89. The molecular weight excluding hydrogens is 484 g/mol. The Bertz CT molecular complexity index is 1300. The van der Waals surface area contributed by atoms with Crippen molar-refractivity contribution in [1.82, 2.24) is 10.3 Å². The largest absolute Gasteiger partial charge is 0.481 e. The molecule has 2 aromatic carbocycles. The van der Waals surface area contributed by atoms with Gasteiger partial charge < -0.3 is 25.3 Å². The van der Waals surface area contributed by atoms with Crippen LogP contribution in [0.3, 0.4) is 0 Å². The second-order valence-corrected chi connectivity index (χ2v) is 8.89. The number of carbonyl (C=O) groups is 2. The Labute approximate surface area is 215 Å². The van der Waals surface area contributed by atoms with Crippen LogP contribution in [-0.4, -0.2) is 39.7 Å². The minimum absolute atomic E-state index is 0. The van der Waals surface area contributed by atoms with Gasteiger partial charge >= 0.3 is 11.9 Å². The fourth-order valence-electron chi connectivity index (χ4n) is 4.96. The van der Waals surface area contributed by atoms with Crippen LogP contribution in [0.25, 0.3) is 10.9 Å². The molecule has 0 amide bonds. The molecule has 9 heteroatoms. The van der Waals surface area contributed by atoms with E-state index >= 15 is 0 Å². The first-order chi connectivity index (χ1) is 16.8. The van der Waals surface area contributed by atoms with Crippen LogP contribution in [0.15, 0.2) is 41.2 Å². The first-order valence-corrected chi connectivity index (χ1v) is 11.9. The van der Waals surface area contributed by atoms with E-state index in [0.29, 0.717) is 17.5 Å². The molecule has 1 heterocycles. The smallest absolute Gasteiger partial charge is 0.322 e. The number of aromatic nitrogens is 1. The lowest BCUT2D eigenvalue weighted by Crippen LogP contribution is -2.33. The lowest BCUT2D eigenvalue weighted by Gasteiger charge is -2.19. The maximum absolute atomic E-state index is 11.9. The van der Waals surface area contributed by atoms with Gasteiger partial charge in [-0.15, -0.1) is 12.4 Å². The first kappa shape index (κ1) is 27.4. The summed E-state index contributed by atoms with van der Waals surface area (Å²) in [5, 5.41) is 23.8. The Kier molecular flexibility index (Phi) is 8.89. The molecule has 1 aliphatic carbocycles. The van der Waals surface area contributed by atoms with E-state index in [2.05, 4.69) is 36.3 Å². The molecule has 1 atom stereocenters. The van der Waals surface area contributed by atoms with Gasteiger partial charge in [0.1, 0.15) is 6.42 Å². The van der Waals surface area contributed by atoms with Crippen LogP contribution in [0, 0.1) is 0 Å². The van der Waals surface area contributed by atoms with E-state index in [1.807, 2.05) is 0 Å². The molecular formula is C27H31ClN2O6. The van der Waals surface area contributed by atoms with Crippen molar-refractivity contribution in [2.24, 2.45) is 0 Å². The topological polar surface area (TPSA) is 129 Å². The lowest BCUT2D eigenvalue weighted by molar-refractivity contribution is -0.145. The maximum atomic E-state index is 11.9. The number of carboxylic acids is 1. The monoisotopic (exact) mass is 514 g/mol. The summed E-state index contributed by atoms with van der Waals surface area (Å²) in [6.45, 7) is 4.65. The zero-order valence-electron chi connectivity index (χ0n) is 20.3. The van der Waals surface area contributed by atoms with Crippen molar-refractivity contribution in [3.8, 4) is 5.75 Å². The predicted molar refractivity (Wildman–Crippen MR) is 139 cm³/mol. The maximum Gasteiger partial charge on any atom is 0.322 e. The number of H-pyrrole nitrogens is 1. The van der Waals surface area contributed by atoms with E-state index in [-0.39, 0.29) is 29.7 Å². The van der Waals surface area contributed by atoms with Crippen molar-refractivity contribution in [2.75, 3.05) is 6.54 Å². The molecule has 1 aromatic heterocycles. The number of rotatable bonds is 9. The summed E-state index contributed by atoms with van der Waals surface area (Å²) in [4.78, 5) is 37.2. The van der Waals surface area contributed by atoms with Gasteiger partial charge in [0, 0.05) is 24.0 Å². The number of esters is 1. The quantitative estimate of drug-likeness (QED) is 0.196. The van der Waals surface area contributed by atoms with Gasteiger partial charge in [-0.25, -0.2) is 0 Å². The van der Waals surface area contributed by atoms with Gasteiger partial charge in [0.2, 0.25) is 5.56 Å². The molecule has 0 fully saturated rings. The zero-order chi connectivity index (χ0) is 25.1. The normalized spacial score (nSPS) is 13.8. The fourth-order valence-corrected chi connectivity index (χ4v) is 4.96. The minimum atomic E-state index is -1.31. The number of benzene rings is 2. The van der Waals surface area contributed by atoms with Gasteiger partial charge in [0.15, 0.2) is 5.75 Å². The molecule has 4 rings (SSSR count). The minimum Gasteiger partial charge on any atom is -0.481 e. The number of pyridine rings is 1. The molecule has 0 aliphatic heterocycles. The number of hydrogen-bond donors (Lipinski definition) is 4. The average molecular weight is 515 g/mol. The third-order valence-electron chi connectivity index (χ3n) is 6.66. The molecule has 8 nitrogen and oxygen atoms in total. The number of ether oxygens (including phenoxy) is 1. The number of aliphatic hydroxyl groups excluding tert-OH is 1. The summed E-state index contributed by atoms with van der Waals surface area (Å²) in [5.74, 6) is -2.22. The van der Waals surface area contributed by atoms with Crippen LogP contribution in [0.2, 0.25) is 0 Å². The molecule has 1 aliphatic rings.